The van der Waals surface area contributed by atoms with E-state index in [0.717, 1.165) is 24.9 Å². The zero-order chi connectivity index (χ0) is 49.8. The summed E-state index contributed by atoms with van der Waals surface area (Å²) in [5.41, 5.74) is -3.25. The highest BCUT2D eigenvalue weighted by Gasteiger charge is 2.56. The van der Waals surface area contributed by atoms with Crippen molar-refractivity contribution in [1.82, 2.24) is 14.0 Å². The third kappa shape index (κ3) is 11.2. The number of hydrogen-bond acceptors (Lipinski definition) is 8. The van der Waals surface area contributed by atoms with E-state index in [9.17, 15) is 35.1 Å². The van der Waals surface area contributed by atoms with Crippen LogP contribution in [0, 0.1) is 38.9 Å². The number of esters is 1. The van der Waals surface area contributed by atoms with Crippen LogP contribution in [-0.4, -0.2) is 78.8 Å². The monoisotopic (exact) mass is 888 g/mol. The standard InChI is InChI=1S/C52H93N3O8/c1-25-63-43(62)37(45(5,6)7)36(42(60)61)48(12,13)31-50(16,17)51(18,19)34-32(38(56)54(24)39(34)57)47(10,11)30-49(14,15)52(20,21)35-33(46(8,9)29-44(2,3)4)40(58)55(41(35)59)28-26-27-53(22)23/h36-37,56-59H,25-31H2,1-24H3,(H,60,61). The first kappa shape index (κ1) is 55.8. The van der Waals surface area contributed by atoms with Gasteiger partial charge in [-0.1, -0.05) is 138 Å². The Morgan fingerprint density at radius 2 is 1.00 bits per heavy atom. The number of nitrogens with zero attached hydrogens (tertiary/aromatic N) is 3. The number of rotatable bonds is 20. The number of aliphatic carboxylic acids is 1. The fourth-order valence-corrected chi connectivity index (χ4v) is 11.6. The van der Waals surface area contributed by atoms with Crippen molar-refractivity contribution in [2.24, 2.45) is 46.0 Å². The normalized spacial score (nSPS) is 15.3. The average Bonchev–Trinajstić information content (AvgIpc) is 3.45. The highest BCUT2D eigenvalue weighted by Crippen LogP contribution is 2.61. The molecule has 5 N–H and O–H groups in total. The molecule has 0 amide bonds. The lowest BCUT2D eigenvalue weighted by molar-refractivity contribution is -0.169. The molecule has 2 rings (SSSR count). The highest BCUT2D eigenvalue weighted by atomic mass is 16.5. The molecule has 0 bridgehead atoms. The van der Waals surface area contributed by atoms with Gasteiger partial charge in [0, 0.05) is 46.7 Å². The van der Waals surface area contributed by atoms with Crippen molar-refractivity contribution in [3.8, 4) is 23.5 Å². The van der Waals surface area contributed by atoms with E-state index < -0.39 is 67.1 Å². The van der Waals surface area contributed by atoms with Crippen LogP contribution >= 0.6 is 0 Å². The number of aromatic hydroxyl groups is 4. The predicted molar refractivity (Wildman–Crippen MR) is 257 cm³/mol. The lowest BCUT2D eigenvalue weighted by Crippen LogP contribution is -2.50. The minimum atomic E-state index is -1.08. The summed E-state index contributed by atoms with van der Waals surface area (Å²) in [6.07, 6.45) is 2.35. The van der Waals surface area contributed by atoms with Crippen LogP contribution in [0.5, 0.6) is 23.5 Å². The van der Waals surface area contributed by atoms with E-state index in [1.54, 1.807) is 18.5 Å². The molecule has 0 aliphatic carbocycles. The minimum absolute atomic E-state index is 0.0534. The fraction of sp³-hybridized carbons (Fsp3) is 0.808. The van der Waals surface area contributed by atoms with Gasteiger partial charge in [0.1, 0.15) is 0 Å². The molecule has 0 spiro atoms. The van der Waals surface area contributed by atoms with Gasteiger partial charge in [0.05, 0.1) is 18.4 Å². The maximum Gasteiger partial charge on any atom is 0.310 e. The second-order valence-electron chi connectivity index (χ2n) is 25.9. The van der Waals surface area contributed by atoms with Crippen LogP contribution < -0.4 is 0 Å². The second kappa shape index (κ2) is 18.1. The lowest BCUT2D eigenvalue weighted by atomic mass is 9.52. The van der Waals surface area contributed by atoms with Crippen molar-refractivity contribution in [1.29, 1.82) is 0 Å². The Labute approximate surface area is 383 Å². The molecular formula is C52H93N3O8. The third-order valence-electron chi connectivity index (χ3n) is 15.2. The van der Waals surface area contributed by atoms with E-state index in [1.165, 1.54) is 4.57 Å². The first-order chi connectivity index (χ1) is 27.9. The number of ether oxygens (including phenoxy) is 1. The van der Waals surface area contributed by atoms with Crippen LogP contribution in [0.15, 0.2) is 0 Å². The van der Waals surface area contributed by atoms with Crippen LogP contribution in [0.1, 0.15) is 193 Å². The van der Waals surface area contributed by atoms with Crippen LogP contribution in [0.2, 0.25) is 0 Å². The number of carboxylic acid groups (broad SMARTS) is 1. The van der Waals surface area contributed by atoms with Crippen molar-refractivity contribution in [2.75, 3.05) is 27.2 Å². The van der Waals surface area contributed by atoms with Crippen molar-refractivity contribution in [3.05, 3.63) is 22.3 Å². The van der Waals surface area contributed by atoms with Crippen molar-refractivity contribution >= 4 is 11.9 Å². The Balaban J connectivity index is 2.89. The van der Waals surface area contributed by atoms with E-state index in [0.29, 0.717) is 36.1 Å². The molecule has 2 heterocycles. The number of carboxylic acids is 1. The van der Waals surface area contributed by atoms with Gasteiger partial charge in [0.25, 0.3) is 0 Å². The van der Waals surface area contributed by atoms with Crippen LogP contribution in [0.3, 0.4) is 0 Å². The van der Waals surface area contributed by atoms with E-state index in [2.05, 4.69) is 94.9 Å². The van der Waals surface area contributed by atoms with E-state index in [1.807, 2.05) is 62.6 Å². The zero-order valence-electron chi connectivity index (χ0n) is 44.4. The van der Waals surface area contributed by atoms with Gasteiger partial charge in [0.2, 0.25) is 0 Å². The van der Waals surface area contributed by atoms with Gasteiger partial charge in [-0.2, -0.15) is 0 Å². The van der Waals surface area contributed by atoms with E-state index in [4.69, 9.17) is 4.74 Å². The Morgan fingerprint density at radius 1 is 0.603 bits per heavy atom. The quantitative estimate of drug-likeness (QED) is 0.0816. The van der Waals surface area contributed by atoms with Crippen molar-refractivity contribution in [3.63, 3.8) is 0 Å². The summed E-state index contributed by atoms with van der Waals surface area (Å²) in [6.45, 7) is 44.4. The first-order valence-electron chi connectivity index (χ1n) is 23.2. The zero-order valence-corrected chi connectivity index (χ0v) is 44.4. The smallest absolute Gasteiger partial charge is 0.310 e. The molecule has 2 unspecified atom stereocenters. The molecule has 0 aliphatic rings. The van der Waals surface area contributed by atoms with Crippen LogP contribution in [0.25, 0.3) is 0 Å². The van der Waals surface area contributed by atoms with Gasteiger partial charge in [-0.05, 0) is 91.2 Å². The Bertz CT molecular complexity index is 1940. The summed E-state index contributed by atoms with van der Waals surface area (Å²) in [4.78, 5) is 28.9. The van der Waals surface area contributed by atoms with E-state index in [-0.39, 0.29) is 35.5 Å². The molecule has 63 heavy (non-hydrogen) atoms. The molecule has 364 valence electrons. The van der Waals surface area contributed by atoms with Gasteiger partial charge in [-0.25, -0.2) is 0 Å². The van der Waals surface area contributed by atoms with Gasteiger partial charge in [-0.15, -0.1) is 0 Å². The number of carbonyl (C=O) groups is 2. The molecule has 0 saturated heterocycles. The first-order valence-corrected chi connectivity index (χ1v) is 23.2. The van der Waals surface area contributed by atoms with Crippen molar-refractivity contribution in [2.45, 2.75) is 199 Å². The molecule has 0 fully saturated rings. The summed E-state index contributed by atoms with van der Waals surface area (Å²) in [5.74, 6) is -3.56. The Hall–Kier alpha value is -3.34. The SMILES string of the molecule is CCOC(=O)C(C(C(=O)O)C(C)(C)CC(C)(C)C(C)(C)c1c(C(C)(C)CC(C)(C)C(C)(C)c2c(C(C)(C)CC(C)(C)C)c(O)n(CCCN(C)C)c2O)c(O)n(C)c1O)C(C)(C)C. The van der Waals surface area contributed by atoms with Crippen LogP contribution in [-0.2, 0) is 49.6 Å². The molecule has 2 aromatic rings. The molecule has 11 heteroatoms. The molecule has 0 aliphatic heterocycles. The second-order valence-corrected chi connectivity index (χ2v) is 25.9. The molecule has 0 saturated carbocycles. The van der Waals surface area contributed by atoms with Gasteiger partial charge in [-0.3, -0.25) is 18.7 Å². The van der Waals surface area contributed by atoms with Gasteiger partial charge >= 0.3 is 11.9 Å². The maximum atomic E-state index is 13.5. The Kier molecular flexibility index (Phi) is 16.1. The van der Waals surface area contributed by atoms with Gasteiger partial charge < -0.3 is 35.2 Å². The van der Waals surface area contributed by atoms with Crippen molar-refractivity contribution < 1.29 is 39.9 Å². The molecule has 11 nitrogen and oxygen atoms in total. The largest absolute Gasteiger partial charge is 0.494 e. The molecule has 2 atom stereocenters. The molecular weight excluding hydrogens is 795 g/mol. The predicted octanol–water partition coefficient (Wildman–Crippen LogP) is 11.6. The summed E-state index contributed by atoms with van der Waals surface area (Å²) >= 11 is 0. The molecule has 0 aromatic carbocycles. The molecule has 2 aromatic heterocycles. The third-order valence-corrected chi connectivity index (χ3v) is 15.2. The average molecular weight is 888 g/mol. The minimum Gasteiger partial charge on any atom is -0.494 e. The molecule has 0 radical (unpaired) electrons. The van der Waals surface area contributed by atoms with Crippen LogP contribution in [0.4, 0.5) is 0 Å². The number of aromatic nitrogens is 2. The summed E-state index contributed by atoms with van der Waals surface area (Å²) in [7, 11) is 5.67. The van der Waals surface area contributed by atoms with Gasteiger partial charge in [0.15, 0.2) is 23.5 Å². The number of carbonyl (C=O) groups excluding carboxylic acids is 1. The maximum absolute atomic E-state index is 13.5. The topological polar surface area (TPSA) is 158 Å². The van der Waals surface area contributed by atoms with E-state index >= 15 is 0 Å². The highest BCUT2D eigenvalue weighted by molar-refractivity contribution is 5.82. The summed E-state index contributed by atoms with van der Waals surface area (Å²) < 4.78 is 8.59. The Morgan fingerprint density at radius 3 is 1.41 bits per heavy atom. The number of hydrogen-bond donors (Lipinski definition) is 5. The lowest BCUT2D eigenvalue weighted by Gasteiger charge is -2.51. The summed E-state index contributed by atoms with van der Waals surface area (Å²) in [6, 6.07) is 0. The summed E-state index contributed by atoms with van der Waals surface area (Å²) in [5, 5.41) is 59.5. The fourth-order valence-electron chi connectivity index (χ4n) is 11.6.